The first-order valence-electron chi connectivity index (χ1n) is 7.36. The summed E-state index contributed by atoms with van der Waals surface area (Å²) in [5.41, 5.74) is 1.59. The number of aliphatic hydroxyl groups is 1. The Morgan fingerprint density at radius 1 is 1.33 bits per heavy atom. The summed E-state index contributed by atoms with van der Waals surface area (Å²) in [4.78, 5) is 27.1. The fourth-order valence-corrected chi connectivity index (χ4v) is 2.51. The van der Waals surface area contributed by atoms with Gasteiger partial charge in [0.1, 0.15) is 6.54 Å². The number of aliphatic hydroxyl groups excluding tert-OH is 1. The maximum absolute atomic E-state index is 12.3. The van der Waals surface area contributed by atoms with Crippen molar-refractivity contribution in [3.63, 3.8) is 0 Å². The summed E-state index contributed by atoms with van der Waals surface area (Å²) >= 11 is 0. The van der Waals surface area contributed by atoms with Crippen molar-refractivity contribution in [3.8, 4) is 5.75 Å². The molecular weight excluding hydrogens is 310 g/mol. The van der Waals surface area contributed by atoms with Crippen molar-refractivity contribution in [2.45, 2.75) is 13.2 Å². The summed E-state index contributed by atoms with van der Waals surface area (Å²) in [6.07, 6.45) is 3.25. The predicted molar refractivity (Wildman–Crippen MR) is 90.1 cm³/mol. The molecule has 0 saturated heterocycles. The second kappa shape index (κ2) is 6.59. The number of anilines is 1. The monoisotopic (exact) mass is 327 g/mol. The Hall–Kier alpha value is -3.06. The highest BCUT2D eigenvalue weighted by atomic mass is 16.5. The highest BCUT2D eigenvalue weighted by Crippen LogP contribution is 2.17. The van der Waals surface area contributed by atoms with Crippen LogP contribution in [0.15, 0.2) is 47.5 Å². The molecule has 7 heteroatoms. The molecule has 0 aliphatic carbocycles. The largest absolute Gasteiger partial charge is 0.491 e. The third-order valence-corrected chi connectivity index (χ3v) is 3.72. The Bertz CT molecular complexity index is 942. The normalized spacial score (nSPS) is 10.8. The van der Waals surface area contributed by atoms with E-state index in [1.54, 1.807) is 0 Å². The Morgan fingerprint density at radius 2 is 2.17 bits per heavy atom. The van der Waals surface area contributed by atoms with Gasteiger partial charge < -0.3 is 24.7 Å². The van der Waals surface area contributed by atoms with Gasteiger partial charge in [-0.15, -0.1) is 0 Å². The van der Waals surface area contributed by atoms with Gasteiger partial charge in [-0.2, -0.15) is 0 Å². The van der Waals surface area contributed by atoms with Crippen LogP contribution in [-0.2, 0) is 17.9 Å². The maximum atomic E-state index is 12.3. The van der Waals surface area contributed by atoms with Crippen molar-refractivity contribution < 1.29 is 14.6 Å². The van der Waals surface area contributed by atoms with Gasteiger partial charge in [-0.3, -0.25) is 9.59 Å². The molecule has 2 aromatic heterocycles. The van der Waals surface area contributed by atoms with E-state index in [1.165, 1.54) is 23.9 Å². The van der Waals surface area contributed by atoms with Crippen LogP contribution in [-0.4, -0.2) is 27.7 Å². The van der Waals surface area contributed by atoms with Crippen molar-refractivity contribution in [2.75, 3.05) is 12.4 Å². The molecule has 0 spiro atoms. The summed E-state index contributed by atoms with van der Waals surface area (Å²) in [5.74, 6) is -0.158. The van der Waals surface area contributed by atoms with Crippen LogP contribution >= 0.6 is 0 Å². The van der Waals surface area contributed by atoms with Crippen LogP contribution in [0.4, 0.5) is 5.69 Å². The van der Waals surface area contributed by atoms with Gasteiger partial charge in [-0.25, -0.2) is 0 Å². The van der Waals surface area contributed by atoms with E-state index in [1.807, 2.05) is 30.5 Å². The molecule has 0 radical (unpaired) electrons. The van der Waals surface area contributed by atoms with Crippen LogP contribution in [0.3, 0.4) is 0 Å². The zero-order chi connectivity index (χ0) is 17.1. The number of aromatic nitrogens is 2. The minimum Gasteiger partial charge on any atom is -0.491 e. The molecule has 0 aliphatic rings. The average Bonchev–Trinajstić information content (AvgIpc) is 3.03. The van der Waals surface area contributed by atoms with E-state index < -0.39 is 0 Å². The first kappa shape index (κ1) is 15.8. The van der Waals surface area contributed by atoms with E-state index in [2.05, 4.69) is 10.3 Å². The van der Waals surface area contributed by atoms with Gasteiger partial charge in [0.25, 0.3) is 0 Å². The van der Waals surface area contributed by atoms with Gasteiger partial charge >= 0.3 is 0 Å². The molecule has 0 atom stereocenters. The third kappa shape index (κ3) is 3.16. The molecular formula is C17H17N3O4. The number of benzene rings is 1. The number of pyridine rings is 1. The van der Waals surface area contributed by atoms with Crippen molar-refractivity contribution in [2.24, 2.45) is 0 Å². The van der Waals surface area contributed by atoms with Gasteiger partial charge in [0.05, 0.1) is 19.9 Å². The molecule has 1 aromatic carbocycles. The number of nitrogens with zero attached hydrogens (tertiary/aromatic N) is 1. The zero-order valence-corrected chi connectivity index (χ0v) is 13.1. The SMILES string of the molecule is COc1cn(CC(=O)Nc2ccc3cc[nH]c3c2)c(CO)cc1=O. The Labute approximate surface area is 137 Å². The fraction of sp³-hybridized carbons (Fsp3) is 0.176. The predicted octanol–water partition coefficient (Wildman–Crippen LogP) is 1.47. The molecule has 0 fully saturated rings. The molecule has 24 heavy (non-hydrogen) atoms. The molecule has 0 unspecified atom stereocenters. The first-order chi connectivity index (χ1) is 11.6. The number of ether oxygens (including phenoxy) is 1. The van der Waals surface area contributed by atoms with E-state index in [-0.39, 0.29) is 30.2 Å². The summed E-state index contributed by atoms with van der Waals surface area (Å²) in [6.45, 7) is -0.393. The Balaban J connectivity index is 1.80. The van der Waals surface area contributed by atoms with Crippen LogP contribution in [0.2, 0.25) is 0 Å². The highest BCUT2D eigenvalue weighted by molar-refractivity contribution is 5.93. The molecule has 3 N–H and O–H groups in total. The molecule has 1 amide bonds. The lowest BCUT2D eigenvalue weighted by Crippen LogP contribution is -2.23. The van der Waals surface area contributed by atoms with Crippen molar-refractivity contribution in [3.05, 3.63) is 58.6 Å². The number of amides is 1. The zero-order valence-electron chi connectivity index (χ0n) is 13.1. The fourth-order valence-electron chi connectivity index (χ4n) is 2.51. The van der Waals surface area contributed by atoms with E-state index in [4.69, 9.17) is 4.74 Å². The lowest BCUT2D eigenvalue weighted by atomic mass is 10.2. The van der Waals surface area contributed by atoms with E-state index in [0.29, 0.717) is 11.4 Å². The average molecular weight is 327 g/mol. The first-order valence-corrected chi connectivity index (χ1v) is 7.36. The summed E-state index contributed by atoms with van der Waals surface area (Å²) in [6, 6.07) is 8.76. The maximum Gasteiger partial charge on any atom is 0.244 e. The standard InChI is InChI=1S/C17H17N3O4/c1-24-16-8-20(13(10-21)7-15(16)22)9-17(23)19-12-3-2-11-4-5-18-14(11)6-12/h2-8,18,21H,9-10H2,1H3,(H,19,23). The molecule has 3 rings (SSSR count). The molecule has 0 saturated carbocycles. The number of methoxy groups -OCH3 is 1. The second-order valence-electron chi connectivity index (χ2n) is 5.31. The second-order valence-corrected chi connectivity index (χ2v) is 5.31. The topological polar surface area (TPSA) is 96.3 Å². The van der Waals surface area contributed by atoms with Crippen molar-refractivity contribution in [1.29, 1.82) is 0 Å². The number of nitrogens with one attached hydrogen (secondary N) is 2. The van der Waals surface area contributed by atoms with Gasteiger partial charge in [-0.1, -0.05) is 6.07 Å². The van der Waals surface area contributed by atoms with Crippen LogP contribution in [0, 0.1) is 0 Å². The summed E-state index contributed by atoms with van der Waals surface area (Å²) < 4.78 is 6.46. The summed E-state index contributed by atoms with van der Waals surface area (Å²) in [5, 5.41) is 13.2. The van der Waals surface area contributed by atoms with Gasteiger partial charge in [0.15, 0.2) is 5.75 Å². The van der Waals surface area contributed by atoms with Crippen LogP contribution < -0.4 is 15.5 Å². The molecule has 0 bridgehead atoms. The minimum atomic E-state index is -0.346. The summed E-state index contributed by atoms with van der Waals surface area (Å²) in [7, 11) is 1.38. The van der Waals surface area contributed by atoms with E-state index in [0.717, 1.165) is 10.9 Å². The smallest absolute Gasteiger partial charge is 0.244 e. The lowest BCUT2D eigenvalue weighted by Gasteiger charge is -2.13. The number of rotatable bonds is 5. The molecule has 124 valence electrons. The Morgan fingerprint density at radius 3 is 2.92 bits per heavy atom. The molecule has 7 nitrogen and oxygen atoms in total. The number of hydrogen-bond acceptors (Lipinski definition) is 4. The van der Waals surface area contributed by atoms with Crippen molar-refractivity contribution >= 4 is 22.5 Å². The van der Waals surface area contributed by atoms with Gasteiger partial charge in [0, 0.05) is 29.2 Å². The molecule has 0 aliphatic heterocycles. The van der Waals surface area contributed by atoms with E-state index >= 15 is 0 Å². The van der Waals surface area contributed by atoms with Crippen LogP contribution in [0.5, 0.6) is 5.75 Å². The quantitative estimate of drug-likeness (QED) is 0.661. The van der Waals surface area contributed by atoms with Gasteiger partial charge in [-0.05, 0) is 23.6 Å². The number of H-pyrrole nitrogens is 1. The lowest BCUT2D eigenvalue weighted by molar-refractivity contribution is -0.116. The van der Waals surface area contributed by atoms with E-state index in [9.17, 15) is 14.7 Å². The number of fused-ring (bicyclic) bond motifs is 1. The minimum absolute atomic E-state index is 0.0463. The van der Waals surface area contributed by atoms with Crippen LogP contribution in [0.25, 0.3) is 10.9 Å². The number of aromatic amines is 1. The Kier molecular flexibility index (Phi) is 4.35. The molecule has 3 aromatic rings. The third-order valence-electron chi connectivity index (χ3n) is 3.72. The number of hydrogen-bond donors (Lipinski definition) is 3. The van der Waals surface area contributed by atoms with Crippen molar-refractivity contribution in [1.82, 2.24) is 9.55 Å². The number of carbonyl (C=O) groups is 1. The van der Waals surface area contributed by atoms with Crippen LogP contribution in [0.1, 0.15) is 5.69 Å². The highest BCUT2D eigenvalue weighted by Gasteiger charge is 2.10. The number of carbonyl (C=O) groups excluding carboxylic acids is 1. The van der Waals surface area contributed by atoms with Gasteiger partial charge in [0.2, 0.25) is 11.3 Å². The molecule has 2 heterocycles.